The minimum absolute atomic E-state index is 0.0379. The normalized spacial score (nSPS) is 25.6. The predicted octanol–water partition coefficient (Wildman–Crippen LogP) is -1.41. The molecule has 0 saturated carbocycles. The van der Waals surface area contributed by atoms with Crippen LogP contribution in [0.1, 0.15) is 0 Å². The fraction of sp³-hybridized carbons (Fsp3) is 0.600. The molecule has 1 aliphatic rings. The fourth-order valence-corrected chi connectivity index (χ4v) is 0.680. The van der Waals surface area contributed by atoms with Crippen molar-refractivity contribution in [2.75, 3.05) is 13.2 Å². The van der Waals surface area contributed by atoms with Gasteiger partial charge in [-0.3, -0.25) is 4.79 Å². The molecule has 1 saturated heterocycles. The molecule has 1 fully saturated rings. The van der Waals surface area contributed by atoms with Gasteiger partial charge in [0, 0.05) is 0 Å². The first kappa shape index (κ1) is 7.01. The summed E-state index contributed by atoms with van der Waals surface area (Å²) in [7, 11) is 0. The number of rotatable bonds is 1. The van der Waals surface area contributed by atoms with Crippen molar-refractivity contribution in [3.63, 3.8) is 0 Å². The lowest BCUT2D eigenvalue weighted by molar-refractivity contribution is -0.148. The Labute approximate surface area is 57.0 Å². The molecule has 1 atom stereocenters. The summed E-state index contributed by atoms with van der Waals surface area (Å²) in [5.41, 5.74) is 0. The molecule has 56 valence electrons. The Morgan fingerprint density at radius 2 is 2.50 bits per heavy atom. The summed E-state index contributed by atoms with van der Waals surface area (Å²) in [6.07, 6.45) is 0. The highest BCUT2D eigenvalue weighted by Crippen LogP contribution is 1.92. The first-order valence-corrected chi connectivity index (χ1v) is 2.80. The molecule has 5 nitrogen and oxygen atoms in total. The molecule has 5 heteroatoms. The lowest BCUT2D eigenvalue weighted by Crippen LogP contribution is -2.49. The SMILES string of the molecule is O=C1COC[C@@H](C(=O)O)N1. The fourth-order valence-electron chi connectivity index (χ4n) is 0.680. The van der Waals surface area contributed by atoms with Crippen LogP contribution in [-0.2, 0) is 14.3 Å². The number of hydrogen-bond acceptors (Lipinski definition) is 3. The van der Waals surface area contributed by atoms with Gasteiger partial charge in [-0.2, -0.15) is 0 Å². The monoisotopic (exact) mass is 145 g/mol. The third-order valence-corrected chi connectivity index (χ3v) is 1.15. The van der Waals surface area contributed by atoms with E-state index in [0.717, 1.165) is 0 Å². The molecule has 1 heterocycles. The zero-order chi connectivity index (χ0) is 7.56. The molecule has 0 aromatic heterocycles. The van der Waals surface area contributed by atoms with Crippen LogP contribution in [0.3, 0.4) is 0 Å². The molecule has 0 radical (unpaired) electrons. The Kier molecular flexibility index (Phi) is 1.86. The predicted molar refractivity (Wildman–Crippen MR) is 30.4 cm³/mol. The first-order chi connectivity index (χ1) is 4.70. The average Bonchev–Trinajstić information content (AvgIpc) is 1.88. The number of carboxylic acids is 1. The molecule has 0 unspecified atom stereocenters. The number of amides is 1. The van der Waals surface area contributed by atoms with E-state index in [4.69, 9.17) is 5.11 Å². The zero-order valence-corrected chi connectivity index (χ0v) is 5.16. The smallest absolute Gasteiger partial charge is 0.328 e. The lowest BCUT2D eigenvalue weighted by atomic mass is 10.3. The van der Waals surface area contributed by atoms with Crippen LogP contribution in [0.2, 0.25) is 0 Å². The second-order valence-electron chi connectivity index (χ2n) is 1.97. The van der Waals surface area contributed by atoms with E-state index in [-0.39, 0.29) is 19.1 Å². The Morgan fingerprint density at radius 3 is 2.90 bits per heavy atom. The maximum absolute atomic E-state index is 10.5. The van der Waals surface area contributed by atoms with Crippen LogP contribution in [0, 0.1) is 0 Å². The first-order valence-electron chi connectivity index (χ1n) is 2.80. The van der Waals surface area contributed by atoms with Crippen molar-refractivity contribution in [2.45, 2.75) is 6.04 Å². The van der Waals surface area contributed by atoms with Gasteiger partial charge in [0.2, 0.25) is 5.91 Å². The summed E-state index contributed by atoms with van der Waals surface area (Å²) in [5.74, 6) is -1.44. The van der Waals surface area contributed by atoms with Gasteiger partial charge in [-0.25, -0.2) is 4.79 Å². The summed E-state index contributed by atoms with van der Waals surface area (Å²) in [6.45, 7) is 0.0187. The third-order valence-electron chi connectivity index (χ3n) is 1.15. The number of aliphatic carboxylic acids is 1. The van der Waals surface area contributed by atoms with E-state index >= 15 is 0 Å². The van der Waals surface area contributed by atoms with Crippen LogP contribution in [0.25, 0.3) is 0 Å². The van der Waals surface area contributed by atoms with Gasteiger partial charge in [0.25, 0.3) is 0 Å². The maximum Gasteiger partial charge on any atom is 0.328 e. The molecule has 1 amide bonds. The van der Waals surface area contributed by atoms with Crippen LogP contribution in [0.15, 0.2) is 0 Å². The van der Waals surface area contributed by atoms with Crippen molar-refractivity contribution in [3.05, 3.63) is 0 Å². The van der Waals surface area contributed by atoms with Crippen molar-refractivity contribution in [1.29, 1.82) is 0 Å². The molecule has 1 rings (SSSR count). The van der Waals surface area contributed by atoms with Gasteiger partial charge in [-0.05, 0) is 0 Å². The van der Waals surface area contributed by atoms with E-state index < -0.39 is 12.0 Å². The van der Waals surface area contributed by atoms with E-state index in [0.29, 0.717) is 0 Å². The van der Waals surface area contributed by atoms with Gasteiger partial charge in [0.1, 0.15) is 6.61 Å². The second kappa shape index (κ2) is 2.66. The van der Waals surface area contributed by atoms with Gasteiger partial charge in [-0.1, -0.05) is 0 Å². The molecule has 0 aliphatic carbocycles. The molecule has 0 aromatic carbocycles. The number of carbonyl (C=O) groups is 2. The largest absolute Gasteiger partial charge is 0.480 e. The molecule has 10 heavy (non-hydrogen) atoms. The number of carbonyl (C=O) groups excluding carboxylic acids is 1. The van der Waals surface area contributed by atoms with Crippen molar-refractivity contribution >= 4 is 11.9 Å². The van der Waals surface area contributed by atoms with Gasteiger partial charge in [0.05, 0.1) is 6.61 Å². The Hall–Kier alpha value is -1.10. The number of carboxylic acid groups (broad SMARTS) is 1. The lowest BCUT2D eigenvalue weighted by Gasteiger charge is -2.19. The van der Waals surface area contributed by atoms with Gasteiger partial charge >= 0.3 is 5.97 Å². The Bertz CT molecular complexity index is 165. The number of hydrogen-bond donors (Lipinski definition) is 2. The highest BCUT2D eigenvalue weighted by atomic mass is 16.5. The van der Waals surface area contributed by atoms with Gasteiger partial charge < -0.3 is 15.2 Å². The highest BCUT2D eigenvalue weighted by Gasteiger charge is 2.24. The Morgan fingerprint density at radius 1 is 1.80 bits per heavy atom. The van der Waals surface area contributed by atoms with Crippen LogP contribution in [0.4, 0.5) is 0 Å². The standard InChI is InChI=1S/C5H7NO4/c7-4-2-10-1-3(6-4)5(8)9/h3H,1-2H2,(H,6,7)(H,8,9)/t3-/m0/s1. The summed E-state index contributed by atoms with van der Waals surface area (Å²) >= 11 is 0. The molecule has 2 N–H and O–H groups in total. The third kappa shape index (κ3) is 1.44. The van der Waals surface area contributed by atoms with E-state index in [2.05, 4.69) is 10.1 Å². The highest BCUT2D eigenvalue weighted by molar-refractivity contribution is 5.85. The summed E-state index contributed by atoms with van der Waals surface area (Å²) in [4.78, 5) is 20.7. The molecule has 0 aromatic rings. The number of morpholine rings is 1. The van der Waals surface area contributed by atoms with E-state index in [1.165, 1.54) is 0 Å². The maximum atomic E-state index is 10.5. The van der Waals surface area contributed by atoms with Gasteiger partial charge in [-0.15, -0.1) is 0 Å². The van der Waals surface area contributed by atoms with Crippen LogP contribution in [0.5, 0.6) is 0 Å². The molecule has 0 spiro atoms. The molecule has 1 aliphatic heterocycles. The van der Waals surface area contributed by atoms with Gasteiger partial charge in [0.15, 0.2) is 6.04 Å². The minimum atomic E-state index is -1.06. The van der Waals surface area contributed by atoms with Crippen molar-refractivity contribution in [1.82, 2.24) is 5.32 Å². The van der Waals surface area contributed by atoms with Crippen LogP contribution in [-0.4, -0.2) is 36.2 Å². The molecule has 0 bridgehead atoms. The summed E-state index contributed by atoms with van der Waals surface area (Å²) in [5, 5.41) is 10.6. The van der Waals surface area contributed by atoms with E-state index in [1.54, 1.807) is 0 Å². The van der Waals surface area contributed by atoms with Crippen molar-refractivity contribution < 1.29 is 19.4 Å². The second-order valence-corrected chi connectivity index (χ2v) is 1.97. The Balaban J connectivity index is 2.47. The van der Waals surface area contributed by atoms with Crippen LogP contribution < -0.4 is 5.32 Å². The minimum Gasteiger partial charge on any atom is -0.480 e. The molecular weight excluding hydrogens is 138 g/mol. The summed E-state index contributed by atoms with van der Waals surface area (Å²) < 4.78 is 4.66. The quantitative estimate of drug-likeness (QED) is 0.475. The van der Waals surface area contributed by atoms with Crippen molar-refractivity contribution in [2.24, 2.45) is 0 Å². The van der Waals surface area contributed by atoms with Crippen LogP contribution >= 0.6 is 0 Å². The summed E-state index contributed by atoms with van der Waals surface area (Å²) in [6, 6.07) is -0.874. The van der Waals surface area contributed by atoms with E-state index in [1.807, 2.05) is 0 Å². The topological polar surface area (TPSA) is 75.6 Å². The zero-order valence-electron chi connectivity index (χ0n) is 5.16. The van der Waals surface area contributed by atoms with Crippen molar-refractivity contribution in [3.8, 4) is 0 Å². The molecular formula is C5H7NO4. The van der Waals surface area contributed by atoms with E-state index in [9.17, 15) is 9.59 Å². The number of ether oxygens (including phenoxy) is 1. The number of nitrogens with one attached hydrogen (secondary N) is 1. The average molecular weight is 145 g/mol.